The van der Waals surface area contributed by atoms with Crippen molar-refractivity contribution in [3.05, 3.63) is 53.2 Å². The van der Waals surface area contributed by atoms with E-state index >= 15 is 0 Å². The number of rotatable bonds is 6. The number of halogens is 5. The third kappa shape index (κ3) is 5.08. The van der Waals surface area contributed by atoms with Gasteiger partial charge < -0.3 is 10.2 Å². The van der Waals surface area contributed by atoms with Crippen LogP contribution in [0.1, 0.15) is 23.7 Å². The summed E-state index contributed by atoms with van der Waals surface area (Å²) < 4.78 is 67.0. The van der Waals surface area contributed by atoms with Crippen LogP contribution in [0.5, 0.6) is 11.6 Å². The van der Waals surface area contributed by atoms with Gasteiger partial charge in [-0.15, -0.1) is 15.3 Å². The third-order valence-corrected chi connectivity index (χ3v) is 4.62. The first kappa shape index (κ1) is 25.2. The van der Waals surface area contributed by atoms with Crippen LogP contribution >= 0.6 is 0 Å². The van der Waals surface area contributed by atoms with Crippen molar-refractivity contribution in [1.82, 2.24) is 9.78 Å². The molecule has 1 heterocycles. The second-order valence-corrected chi connectivity index (χ2v) is 7.11. The van der Waals surface area contributed by atoms with Gasteiger partial charge in [-0.05, 0) is 49.7 Å². The minimum atomic E-state index is -5.98. The minimum absolute atomic E-state index is 0.0670. The maximum atomic E-state index is 13.9. The number of aryl methyl sites for hydroxylation is 2. The van der Waals surface area contributed by atoms with Crippen molar-refractivity contribution < 1.29 is 32.2 Å². The molecule has 0 radical (unpaired) electrons. The predicted molar refractivity (Wildman–Crippen MR) is 112 cm³/mol. The Morgan fingerprint density at radius 1 is 0.971 bits per heavy atom. The van der Waals surface area contributed by atoms with Crippen LogP contribution in [0.15, 0.2) is 56.9 Å². The van der Waals surface area contributed by atoms with Gasteiger partial charge in [-0.1, -0.05) is 6.07 Å². The molecule has 1 aromatic heterocycles. The zero-order valence-electron chi connectivity index (χ0n) is 18.1. The zero-order valence-corrected chi connectivity index (χ0v) is 18.1. The van der Waals surface area contributed by atoms with E-state index in [0.717, 1.165) is 11.6 Å². The SMILES string of the molecule is CCn1nc(C(F)(F)C(F)(F)F)c(/N=N/c2ccc(/N=N/c3ccc(C)cc3O)c(C#N)c2)c1O. The lowest BCUT2D eigenvalue weighted by atomic mass is 10.2. The standard InChI is InChI=1S/C21H16F5N7O2/c1-3-33-19(35)17(18(32-33)20(22,23)21(24,25)26)31-28-13-5-7-14(12(9-13)10-27)29-30-15-6-4-11(2)8-16(15)34/h4-9,34-35H,3H2,1-2H3/b30-29+,31-28+. The van der Waals surface area contributed by atoms with E-state index in [9.17, 15) is 37.4 Å². The number of aromatic nitrogens is 2. The maximum absolute atomic E-state index is 13.9. The van der Waals surface area contributed by atoms with Crippen molar-refractivity contribution in [2.24, 2.45) is 20.5 Å². The van der Waals surface area contributed by atoms with Crippen LogP contribution in [-0.4, -0.2) is 26.2 Å². The second-order valence-electron chi connectivity index (χ2n) is 7.11. The molecule has 0 aliphatic heterocycles. The monoisotopic (exact) mass is 493 g/mol. The molecule has 0 fully saturated rings. The smallest absolute Gasteiger partial charge is 0.459 e. The van der Waals surface area contributed by atoms with Crippen LogP contribution < -0.4 is 0 Å². The molecular formula is C21H16F5N7O2. The molecule has 0 aliphatic rings. The van der Waals surface area contributed by atoms with E-state index in [-0.39, 0.29) is 34.9 Å². The number of aromatic hydroxyl groups is 2. The van der Waals surface area contributed by atoms with Gasteiger partial charge in [-0.3, -0.25) is 0 Å². The maximum Gasteiger partial charge on any atom is 0.459 e. The molecule has 0 aliphatic carbocycles. The molecule has 0 spiro atoms. The van der Waals surface area contributed by atoms with Crippen LogP contribution in [0.3, 0.4) is 0 Å². The first-order valence-electron chi connectivity index (χ1n) is 9.81. The summed E-state index contributed by atoms with van der Waals surface area (Å²) in [5.41, 5.74) is -2.15. The fraction of sp³-hybridized carbons (Fsp3) is 0.238. The van der Waals surface area contributed by atoms with Crippen molar-refractivity contribution in [2.45, 2.75) is 32.5 Å². The van der Waals surface area contributed by atoms with Gasteiger partial charge in [0.05, 0.1) is 11.3 Å². The number of azo groups is 2. The topological polar surface area (TPSA) is 132 Å². The highest BCUT2D eigenvalue weighted by Crippen LogP contribution is 2.49. The van der Waals surface area contributed by atoms with E-state index in [1.165, 1.54) is 31.2 Å². The molecule has 2 aromatic carbocycles. The number of nitriles is 1. The van der Waals surface area contributed by atoms with Gasteiger partial charge in [0.1, 0.15) is 23.2 Å². The summed E-state index contributed by atoms with van der Waals surface area (Å²) in [5.74, 6) is -6.56. The molecule has 14 heteroatoms. The van der Waals surface area contributed by atoms with Crippen LogP contribution in [0.4, 0.5) is 44.7 Å². The number of benzene rings is 2. The van der Waals surface area contributed by atoms with Crippen molar-refractivity contribution in [2.75, 3.05) is 0 Å². The lowest BCUT2D eigenvalue weighted by Gasteiger charge is -2.17. The Kier molecular flexibility index (Phi) is 6.81. The molecule has 0 unspecified atom stereocenters. The molecule has 0 saturated heterocycles. The molecule has 3 aromatic rings. The Hall–Kier alpha value is -4.41. The number of phenols is 1. The largest absolute Gasteiger partial charge is 0.506 e. The number of alkyl halides is 5. The van der Waals surface area contributed by atoms with Gasteiger partial charge in [-0.25, -0.2) is 4.68 Å². The van der Waals surface area contributed by atoms with Crippen molar-refractivity contribution in [1.29, 1.82) is 5.26 Å². The first-order valence-corrected chi connectivity index (χ1v) is 9.81. The summed E-state index contributed by atoms with van der Waals surface area (Å²) in [4.78, 5) is 0. The normalized spacial score (nSPS) is 12.5. The first-order chi connectivity index (χ1) is 16.4. The van der Waals surface area contributed by atoms with E-state index in [1.54, 1.807) is 13.0 Å². The molecule has 0 atom stereocenters. The highest BCUT2D eigenvalue weighted by atomic mass is 19.4. The molecule has 2 N–H and O–H groups in total. The molecule has 0 saturated carbocycles. The van der Waals surface area contributed by atoms with Gasteiger partial charge in [0.15, 0.2) is 11.4 Å². The fourth-order valence-corrected chi connectivity index (χ4v) is 2.80. The van der Waals surface area contributed by atoms with E-state index in [2.05, 4.69) is 25.6 Å². The van der Waals surface area contributed by atoms with Crippen molar-refractivity contribution in [3.8, 4) is 17.7 Å². The lowest BCUT2D eigenvalue weighted by Crippen LogP contribution is -2.34. The molecule has 35 heavy (non-hydrogen) atoms. The molecule has 9 nitrogen and oxygen atoms in total. The highest BCUT2D eigenvalue weighted by Gasteiger charge is 2.62. The van der Waals surface area contributed by atoms with Gasteiger partial charge in [-0.2, -0.15) is 37.4 Å². The summed E-state index contributed by atoms with van der Waals surface area (Å²) in [7, 11) is 0. The third-order valence-electron chi connectivity index (χ3n) is 4.62. The Morgan fingerprint density at radius 3 is 2.23 bits per heavy atom. The van der Waals surface area contributed by atoms with Gasteiger partial charge >= 0.3 is 12.1 Å². The second kappa shape index (κ2) is 9.45. The average molecular weight is 493 g/mol. The van der Waals surface area contributed by atoms with Crippen LogP contribution in [0.2, 0.25) is 0 Å². The summed E-state index contributed by atoms with van der Waals surface area (Å²) in [6.07, 6.45) is -5.98. The Bertz CT molecular complexity index is 1360. The number of hydrogen-bond donors (Lipinski definition) is 2. The molecule has 182 valence electrons. The Morgan fingerprint density at radius 2 is 1.63 bits per heavy atom. The molecule has 3 rings (SSSR count). The van der Waals surface area contributed by atoms with E-state index in [0.29, 0.717) is 4.68 Å². The quantitative estimate of drug-likeness (QED) is 0.283. The van der Waals surface area contributed by atoms with Crippen molar-refractivity contribution >= 4 is 22.7 Å². The Labute approximate surface area is 194 Å². The van der Waals surface area contributed by atoms with E-state index in [1.807, 2.05) is 6.07 Å². The Balaban J connectivity index is 1.97. The van der Waals surface area contributed by atoms with Crippen LogP contribution in [0.25, 0.3) is 0 Å². The highest BCUT2D eigenvalue weighted by molar-refractivity contribution is 5.61. The zero-order chi connectivity index (χ0) is 26.0. The number of nitrogens with zero attached hydrogens (tertiary/aromatic N) is 7. The molecular weight excluding hydrogens is 477 g/mol. The predicted octanol–water partition coefficient (Wildman–Crippen LogP) is 6.98. The summed E-state index contributed by atoms with van der Waals surface area (Å²) in [6.45, 7) is 2.92. The lowest BCUT2D eigenvalue weighted by molar-refractivity contribution is -0.290. The summed E-state index contributed by atoms with van der Waals surface area (Å²) in [6, 6.07) is 10.2. The number of hydrogen-bond acceptors (Lipinski definition) is 8. The van der Waals surface area contributed by atoms with Gasteiger partial charge in [0.2, 0.25) is 5.88 Å². The van der Waals surface area contributed by atoms with Crippen molar-refractivity contribution in [3.63, 3.8) is 0 Å². The molecule has 0 amide bonds. The fourth-order valence-electron chi connectivity index (χ4n) is 2.80. The average Bonchev–Trinajstić information content (AvgIpc) is 3.12. The minimum Gasteiger partial charge on any atom is -0.506 e. The van der Waals surface area contributed by atoms with Gasteiger partial charge in [0.25, 0.3) is 0 Å². The van der Waals surface area contributed by atoms with Crippen LogP contribution in [0, 0.1) is 18.3 Å². The molecule has 0 bridgehead atoms. The van der Waals surface area contributed by atoms with E-state index in [4.69, 9.17) is 0 Å². The summed E-state index contributed by atoms with van der Waals surface area (Å²) in [5, 5.41) is 47.1. The van der Waals surface area contributed by atoms with E-state index < -0.39 is 29.4 Å². The number of phenolic OH excluding ortho intramolecular Hbond substituents is 1. The summed E-state index contributed by atoms with van der Waals surface area (Å²) >= 11 is 0. The van der Waals surface area contributed by atoms with Crippen LogP contribution in [-0.2, 0) is 12.5 Å². The van der Waals surface area contributed by atoms with Gasteiger partial charge in [0, 0.05) is 6.54 Å².